The molecule has 4 nitrogen and oxygen atoms in total. The van der Waals surface area contributed by atoms with Crippen LogP contribution in [-0.2, 0) is 9.13 Å². The Morgan fingerprint density at radius 3 is 1.00 bits per heavy atom. The van der Waals surface area contributed by atoms with Crippen molar-refractivity contribution in [2.45, 2.75) is 7.43 Å². The predicted octanol–water partition coefficient (Wildman–Crippen LogP) is 0.576. The van der Waals surface area contributed by atoms with Gasteiger partial charge in [0.1, 0.15) is 0 Å². The van der Waals surface area contributed by atoms with Crippen molar-refractivity contribution in [2.24, 2.45) is 0 Å². The molecular weight excluding hydrogens is 226 g/mol. The van der Waals surface area contributed by atoms with E-state index in [4.69, 9.17) is 18.9 Å². The van der Waals surface area contributed by atoms with Gasteiger partial charge in [0.25, 0.3) is 0 Å². The van der Waals surface area contributed by atoms with Crippen LogP contribution in [0.25, 0.3) is 0 Å². The van der Waals surface area contributed by atoms with Crippen LogP contribution in [0.5, 0.6) is 0 Å². The summed E-state index contributed by atoms with van der Waals surface area (Å²) in [6.07, 6.45) is 0. The molecule has 0 saturated carbocycles. The molecule has 11 heavy (non-hydrogen) atoms. The molecule has 0 amide bonds. The molecule has 0 saturated heterocycles. The quantitative estimate of drug-likeness (QED) is 0.478. The maximum Gasteiger partial charge on any atom is 2.00 e. The SMILES string of the molecule is C.C[P+](=O)O.C[P+](=O)O.[Ca+2].[Mg+2]. The van der Waals surface area contributed by atoms with E-state index in [0.717, 1.165) is 0 Å². The van der Waals surface area contributed by atoms with Gasteiger partial charge in [-0.3, -0.25) is 0 Å². The van der Waals surface area contributed by atoms with Crippen molar-refractivity contribution < 1.29 is 18.9 Å². The van der Waals surface area contributed by atoms with E-state index in [1.54, 1.807) is 0 Å². The van der Waals surface area contributed by atoms with Gasteiger partial charge >= 0.3 is 76.8 Å². The maximum atomic E-state index is 9.15. The van der Waals surface area contributed by atoms with Crippen molar-refractivity contribution in [1.82, 2.24) is 0 Å². The van der Waals surface area contributed by atoms with E-state index in [0.29, 0.717) is 0 Å². The summed E-state index contributed by atoms with van der Waals surface area (Å²) in [5, 5.41) is 0. The van der Waals surface area contributed by atoms with Crippen LogP contribution in [0.15, 0.2) is 0 Å². The summed E-state index contributed by atoms with van der Waals surface area (Å²) < 4.78 is 18.3. The van der Waals surface area contributed by atoms with E-state index in [1.807, 2.05) is 0 Å². The normalized spacial score (nSPS) is 8.00. The van der Waals surface area contributed by atoms with E-state index in [-0.39, 0.29) is 68.2 Å². The van der Waals surface area contributed by atoms with Crippen LogP contribution in [-0.4, -0.2) is 83.9 Å². The van der Waals surface area contributed by atoms with Crippen molar-refractivity contribution in [3.05, 3.63) is 0 Å². The zero-order valence-electron chi connectivity index (χ0n) is 6.02. The van der Waals surface area contributed by atoms with Crippen molar-refractivity contribution in [3.8, 4) is 0 Å². The Balaban J connectivity index is -0.0000000171. The molecule has 0 fully saturated rings. The van der Waals surface area contributed by atoms with Gasteiger partial charge in [0.2, 0.25) is 0 Å². The van der Waals surface area contributed by atoms with Crippen LogP contribution in [0.4, 0.5) is 0 Å². The van der Waals surface area contributed by atoms with Crippen molar-refractivity contribution in [1.29, 1.82) is 0 Å². The average molecular weight is 238 g/mol. The molecule has 0 aromatic heterocycles. The van der Waals surface area contributed by atoms with E-state index in [1.165, 1.54) is 13.3 Å². The van der Waals surface area contributed by atoms with Crippen LogP contribution >= 0.6 is 16.1 Å². The Morgan fingerprint density at radius 1 is 1.00 bits per heavy atom. The average Bonchev–Trinajstić information content (AvgIpc) is 1.25. The topological polar surface area (TPSA) is 74.6 Å². The molecule has 8 heteroatoms. The molecule has 0 aromatic carbocycles. The van der Waals surface area contributed by atoms with Crippen LogP contribution in [0.3, 0.4) is 0 Å². The Morgan fingerprint density at radius 2 is 1.00 bits per heavy atom. The van der Waals surface area contributed by atoms with E-state index in [2.05, 4.69) is 0 Å². The third-order valence-corrected chi connectivity index (χ3v) is 0. The molecule has 0 spiro atoms. The number of hydrogen-bond donors (Lipinski definition) is 2. The first kappa shape index (κ1) is 29.2. The summed E-state index contributed by atoms with van der Waals surface area (Å²) in [6.45, 7) is 2.46. The fourth-order valence-corrected chi connectivity index (χ4v) is 0. The minimum Gasteiger partial charge on any atom is -0.161 e. The van der Waals surface area contributed by atoms with Gasteiger partial charge in [-0.25, -0.2) is 0 Å². The third-order valence-electron chi connectivity index (χ3n) is 0. The molecule has 2 unspecified atom stereocenters. The first-order chi connectivity index (χ1) is 3.46. The van der Waals surface area contributed by atoms with Crippen LogP contribution < -0.4 is 0 Å². The zero-order valence-corrected chi connectivity index (χ0v) is 11.4. The summed E-state index contributed by atoms with van der Waals surface area (Å²) in [5.74, 6) is 0. The molecule has 56 valence electrons. The van der Waals surface area contributed by atoms with Crippen LogP contribution in [0, 0.1) is 0 Å². The first-order valence-corrected chi connectivity index (χ1v) is 4.98. The van der Waals surface area contributed by atoms with Crippen LogP contribution in [0.2, 0.25) is 0 Å². The summed E-state index contributed by atoms with van der Waals surface area (Å²) in [7, 11) is -3.74. The molecule has 0 aliphatic heterocycles. The number of rotatable bonds is 0. The van der Waals surface area contributed by atoms with Gasteiger partial charge < -0.3 is 0 Å². The van der Waals surface area contributed by atoms with Gasteiger partial charge in [-0.05, 0) is 9.13 Å². The second-order valence-electron chi connectivity index (χ2n) is 0.928. The van der Waals surface area contributed by atoms with Crippen LogP contribution in [0.1, 0.15) is 7.43 Å². The molecule has 0 heterocycles. The molecule has 0 bridgehead atoms. The van der Waals surface area contributed by atoms with Gasteiger partial charge in [-0.1, -0.05) is 7.43 Å². The van der Waals surface area contributed by atoms with Gasteiger partial charge in [0, 0.05) is 0 Å². The Hall–Kier alpha value is 2.15. The fraction of sp³-hybridized carbons (Fsp3) is 1.00. The summed E-state index contributed by atoms with van der Waals surface area (Å²) in [5.41, 5.74) is 0. The van der Waals surface area contributed by atoms with E-state index < -0.39 is 16.1 Å². The van der Waals surface area contributed by atoms with Crippen molar-refractivity contribution in [2.75, 3.05) is 13.3 Å². The van der Waals surface area contributed by atoms with Gasteiger partial charge in [0.05, 0.1) is 0 Å². The maximum absolute atomic E-state index is 9.15. The minimum absolute atomic E-state index is 0. The zero-order chi connectivity index (χ0) is 7.15. The van der Waals surface area contributed by atoms with E-state index >= 15 is 0 Å². The molecule has 2 atom stereocenters. The third kappa shape index (κ3) is 272. The van der Waals surface area contributed by atoms with Gasteiger partial charge in [-0.15, -0.1) is 0 Å². The second kappa shape index (κ2) is 22.7. The molecule has 0 rings (SSSR count). The largest absolute Gasteiger partial charge is 2.00 e. The summed E-state index contributed by atoms with van der Waals surface area (Å²) in [4.78, 5) is 15.1. The number of hydrogen-bond acceptors (Lipinski definition) is 2. The monoisotopic (exact) mass is 238 g/mol. The van der Waals surface area contributed by atoms with Crippen molar-refractivity contribution >= 4 is 76.8 Å². The molecule has 2 N–H and O–H groups in total. The second-order valence-corrected chi connectivity index (χ2v) is 2.79. The minimum atomic E-state index is -1.87. The molecule has 0 radical (unpaired) electrons. The first-order valence-electron chi connectivity index (χ1n) is 1.66. The predicted molar refractivity (Wildman–Crippen MR) is 49.7 cm³/mol. The molecule has 0 aliphatic carbocycles. The summed E-state index contributed by atoms with van der Waals surface area (Å²) in [6, 6.07) is 0. The Labute approximate surface area is 115 Å². The van der Waals surface area contributed by atoms with E-state index in [9.17, 15) is 0 Å². The van der Waals surface area contributed by atoms with Gasteiger partial charge in [-0.2, -0.15) is 9.79 Å². The standard InChI is InChI=1S/2CH3O2P.CH4.Ca.Mg/c2*1-4(2)3;;;/h2*1H3;1H4;;/q;;;2*+2/p+2. The smallest absolute Gasteiger partial charge is 0.161 e. The Kier molecular flexibility index (Phi) is 60.4. The molecule has 0 aromatic rings. The molecular formula is C3H12CaMgO4P2+6. The fourth-order valence-electron chi connectivity index (χ4n) is 0. The van der Waals surface area contributed by atoms with Crippen molar-refractivity contribution in [3.63, 3.8) is 0 Å². The Bertz CT molecular complexity index is 81.3. The van der Waals surface area contributed by atoms with Gasteiger partial charge in [0.15, 0.2) is 13.3 Å². The molecule has 0 aliphatic rings. The summed E-state index contributed by atoms with van der Waals surface area (Å²) >= 11 is 0.